The normalized spacial score (nSPS) is 48.3. The summed E-state index contributed by atoms with van der Waals surface area (Å²) in [5.74, 6) is 0. The fourth-order valence-electron chi connectivity index (χ4n) is 1.65. The van der Waals surface area contributed by atoms with Gasteiger partial charge in [0.1, 0.15) is 6.10 Å². The Bertz CT molecular complexity index is 113. The highest BCUT2D eigenvalue weighted by molar-refractivity contribution is 4.95. The third-order valence-corrected chi connectivity index (χ3v) is 2.27. The van der Waals surface area contributed by atoms with E-state index in [-0.39, 0.29) is 0 Å². The molecule has 2 heteroatoms. The minimum absolute atomic E-state index is 0.406. The Kier molecular flexibility index (Phi) is 1.24. The van der Waals surface area contributed by atoms with E-state index in [4.69, 9.17) is 9.47 Å². The zero-order valence-electron chi connectivity index (χ0n) is 5.67. The Morgan fingerprint density at radius 2 is 2.33 bits per heavy atom. The average Bonchev–Trinajstić information content (AvgIpc) is 2.64. The topological polar surface area (TPSA) is 21.8 Å². The molecule has 2 rings (SSSR count). The molecule has 1 saturated carbocycles. The highest BCUT2D eigenvalue weighted by Gasteiger charge is 2.47. The van der Waals surface area contributed by atoms with Crippen LogP contribution in [0.25, 0.3) is 0 Å². The van der Waals surface area contributed by atoms with E-state index in [9.17, 15) is 0 Å². The maximum Gasteiger partial charge on any atom is 0.110 e. The van der Waals surface area contributed by atoms with Crippen molar-refractivity contribution in [2.24, 2.45) is 0 Å². The van der Waals surface area contributed by atoms with Gasteiger partial charge in [0.15, 0.2) is 0 Å². The van der Waals surface area contributed by atoms with Crippen LogP contribution in [0.2, 0.25) is 0 Å². The van der Waals surface area contributed by atoms with Gasteiger partial charge in [0.2, 0.25) is 0 Å². The monoisotopic (exact) mass is 128 g/mol. The molecular formula is C7H12O2. The van der Waals surface area contributed by atoms with Gasteiger partial charge < -0.3 is 9.47 Å². The summed E-state index contributed by atoms with van der Waals surface area (Å²) in [5.41, 5.74) is 0. The van der Waals surface area contributed by atoms with Crippen molar-refractivity contribution >= 4 is 0 Å². The summed E-state index contributed by atoms with van der Waals surface area (Å²) in [5, 5.41) is 0. The second kappa shape index (κ2) is 1.96. The van der Waals surface area contributed by atoms with Crippen LogP contribution in [0.4, 0.5) is 0 Å². The van der Waals surface area contributed by atoms with E-state index in [0.717, 1.165) is 0 Å². The molecule has 2 unspecified atom stereocenters. The first-order chi connectivity index (χ1) is 4.42. The number of ether oxygens (including phenoxy) is 2. The SMILES string of the molecule is COC1CCC[C@@H]2OC12. The standard InChI is InChI=1S/C7H12O2/c1-8-5-3-2-4-6-7(5)9-6/h5-7H,2-4H2,1H3/t5?,6-,7?/m0/s1. The molecule has 2 aliphatic rings. The molecule has 3 atom stereocenters. The number of hydrogen-bond acceptors (Lipinski definition) is 2. The lowest BCUT2D eigenvalue weighted by Gasteiger charge is -2.15. The van der Waals surface area contributed by atoms with E-state index >= 15 is 0 Å². The van der Waals surface area contributed by atoms with Crippen LogP contribution in [0.1, 0.15) is 19.3 Å². The number of hydrogen-bond donors (Lipinski definition) is 0. The fourth-order valence-corrected chi connectivity index (χ4v) is 1.65. The number of epoxide rings is 1. The highest BCUT2D eigenvalue weighted by Crippen LogP contribution is 2.37. The van der Waals surface area contributed by atoms with Crippen molar-refractivity contribution in [3.63, 3.8) is 0 Å². The third kappa shape index (κ3) is 0.864. The van der Waals surface area contributed by atoms with Crippen LogP contribution < -0.4 is 0 Å². The lowest BCUT2D eigenvalue weighted by Crippen LogP contribution is -2.23. The molecule has 0 aromatic carbocycles. The minimum Gasteiger partial charge on any atom is -0.379 e. The summed E-state index contributed by atoms with van der Waals surface area (Å²) in [7, 11) is 1.77. The Morgan fingerprint density at radius 3 is 3.00 bits per heavy atom. The van der Waals surface area contributed by atoms with Gasteiger partial charge in [-0.3, -0.25) is 0 Å². The van der Waals surface area contributed by atoms with Crippen molar-refractivity contribution in [3.8, 4) is 0 Å². The number of fused-ring (bicyclic) bond motifs is 1. The molecule has 0 spiro atoms. The molecule has 9 heavy (non-hydrogen) atoms. The van der Waals surface area contributed by atoms with Crippen LogP contribution in [0.5, 0.6) is 0 Å². The number of methoxy groups -OCH3 is 1. The Balaban J connectivity index is 1.93. The molecule has 0 amide bonds. The molecule has 52 valence electrons. The van der Waals surface area contributed by atoms with Gasteiger partial charge in [0.05, 0.1) is 12.2 Å². The Hall–Kier alpha value is -0.0800. The first kappa shape index (κ1) is 5.69. The smallest absolute Gasteiger partial charge is 0.110 e. The van der Waals surface area contributed by atoms with Gasteiger partial charge >= 0.3 is 0 Å². The second-order valence-electron chi connectivity index (χ2n) is 2.84. The molecule has 0 aromatic rings. The minimum atomic E-state index is 0.406. The molecule has 0 bridgehead atoms. The predicted molar refractivity (Wildman–Crippen MR) is 33.3 cm³/mol. The van der Waals surface area contributed by atoms with E-state index < -0.39 is 0 Å². The maximum atomic E-state index is 5.36. The van der Waals surface area contributed by atoms with Crippen LogP contribution in [0.15, 0.2) is 0 Å². The van der Waals surface area contributed by atoms with Gasteiger partial charge in [-0.25, -0.2) is 0 Å². The zero-order valence-corrected chi connectivity index (χ0v) is 5.67. The van der Waals surface area contributed by atoms with E-state index in [1.54, 1.807) is 7.11 Å². The first-order valence-corrected chi connectivity index (χ1v) is 3.60. The highest BCUT2D eigenvalue weighted by atomic mass is 16.6. The Morgan fingerprint density at radius 1 is 1.44 bits per heavy atom. The van der Waals surface area contributed by atoms with Crippen molar-refractivity contribution in [3.05, 3.63) is 0 Å². The molecule has 2 fully saturated rings. The molecule has 1 heterocycles. The predicted octanol–water partition coefficient (Wildman–Crippen LogP) is 0.953. The molecule has 0 aromatic heterocycles. The summed E-state index contributed by atoms with van der Waals surface area (Å²) in [6.45, 7) is 0. The van der Waals surface area contributed by atoms with Crippen LogP contribution in [-0.2, 0) is 9.47 Å². The van der Waals surface area contributed by atoms with E-state index in [1.165, 1.54) is 19.3 Å². The van der Waals surface area contributed by atoms with Crippen molar-refractivity contribution in [2.75, 3.05) is 7.11 Å². The van der Waals surface area contributed by atoms with Gasteiger partial charge in [-0.1, -0.05) is 0 Å². The van der Waals surface area contributed by atoms with Crippen LogP contribution >= 0.6 is 0 Å². The van der Waals surface area contributed by atoms with Crippen molar-refractivity contribution in [2.45, 2.75) is 37.6 Å². The molecule has 1 saturated heterocycles. The van der Waals surface area contributed by atoms with E-state index in [2.05, 4.69) is 0 Å². The van der Waals surface area contributed by atoms with Gasteiger partial charge in [-0.05, 0) is 19.3 Å². The lowest BCUT2D eigenvalue weighted by molar-refractivity contribution is 0.0666. The van der Waals surface area contributed by atoms with E-state index in [0.29, 0.717) is 18.3 Å². The quantitative estimate of drug-likeness (QED) is 0.490. The van der Waals surface area contributed by atoms with E-state index in [1.807, 2.05) is 0 Å². The molecule has 1 aliphatic heterocycles. The first-order valence-electron chi connectivity index (χ1n) is 3.60. The molecule has 1 aliphatic carbocycles. The largest absolute Gasteiger partial charge is 0.379 e. The summed E-state index contributed by atoms with van der Waals surface area (Å²) in [6, 6.07) is 0. The van der Waals surface area contributed by atoms with Crippen LogP contribution in [-0.4, -0.2) is 25.4 Å². The summed E-state index contributed by atoms with van der Waals surface area (Å²) < 4.78 is 10.6. The summed E-state index contributed by atoms with van der Waals surface area (Å²) in [4.78, 5) is 0. The summed E-state index contributed by atoms with van der Waals surface area (Å²) >= 11 is 0. The Labute approximate surface area is 55.1 Å². The second-order valence-corrected chi connectivity index (χ2v) is 2.84. The van der Waals surface area contributed by atoms with Crippen molar-refractivity contribution in [1.29, 1.82) is 0 Å². The fraction of sp³-hybridized carbons (Fsp3) is 1.00. The van der Waals surface area contributed by atoms with Gasteiger partial charge in [0.25, 0.3) is 0 Å². The summed E-state index contributed by atoms with van der Waals surface area (Å²) in [6.07, 6.45) is 5.15. The average molecular weight is 128 g/mol. The molecule has 0 N–H and O–H groups in total. The maximum absolute atomic E-state index is 5.36. The molecule has 0 radical (unpaired) electrons. The van der Waals surface area contributed by atoms with Crippen LogP contribution in [0.3, 0.4) is 0 Å². The molecule has 2 nitrogen and oxygen atoms in total. The van der Waals surface area contributed by atoms with Gasteiger partial charge in [0, 0.05) is 7.11 Å². The lowest BCUT2D eigenvalue weighted by atomic mass is 9.98. The number of rotatable bonds is 1. The van der Waals surface area contributed by atoms with Gasteiger partial charge in [-0.2, -0.15) is 0 Å². The van der Waals surface area contributed by atoms with Gasteiger partial charge in [-0.15, -0.1) is 0 Å². The zero-order chi connectivity index (χ0) is 6.27. The van der Waals surface area contributed by atoms with Crippen molar-refractivity contribution < 1.29 is 9.47 Å². The van der Waals surface area contributed by atoms with Crippen molar-refractivity contribution in [1.82, 2.24) is 0 Å². The van der Waals surface area contributed by atoms with Crippen LogP contribution in [0, 0.1) is 0 Å². The third-order valence-electron chi connectivity index (χ3n) is 2.27. The molecular weight excluding hydrogens is 116 g/mol.